The summed E-state index contributed by atoms with van der Waals surface area (Å²) in [4.78, 5) is 36.6. The second-order valence-corrected chi connectivity index (χ2v) is 6.58. The largest absolute Gasteiger partial charge is 0.423 e. The summed E-state index contributed by atoms with van der Waals surface area (Å²) in [6, 6.07) is 12.3. The molecule has 0 unspecified atom stereocenters. The average Bonchev–Trinajstić information content (AvgIpc) is 2.71. The lowest BCUT2D eigenvalue weighted by Gasteiger charge is -2.07. The van der Waals surface area contributed by atoms with Crippen LogP contribution in [0, 0.1) is 0 Å². The van der Waals surface area contributed by atoms with Crippen LogP contribution in [0.3, 0.4) is 0 Å². The summed E-state index contributed by atoms with van der Waals surface area (Å²) < 4.78 is 15.5. The molecule has 1 heterocycles. The van der Waals surface area contributed by atoms with E-state index in [-0.39, 0.29) is 16.9 Å². The lowest BCUT2D eigenvalue weighted by Crippen LogP contribution is -2.29. The van der Waals surface area contributed by atoms with Crippen molar-refractivity contribution in [3.8, 4) is 5.75 Å². The molecular formula is C21H18ClNO6. The van der Waals surface area contributed by atoms with Gasteiger partial charge in [0.2, 0.25) is 0 Å². The van der Waals surface area contributed by atoms with E-state index in [1.54, 1.807) is 43.5 Å². The highest BCUT2D eigenvalue weighted by Gasteiger charge is 2.15. The molecule has 150 valence electrons. The minimum Gasteiger partial charge on any atom is -0.423 e. The van der Waals surface area contributed by atoms with Crippen LogP contribution in [0.5, 0.6) is 5.75 Å². The molecule has 0 aliphatic heterocycles. The molecule has 2 aromatic carbocycles. The second-order valence-electron chi connectivity index (χ2n) is 6.15. The Labute approximate surface area is 171 Å². The minimum absolute atomic E-state index is 0.0965. The summed E-state index contributed by atoms with van der Waals surface area (Å²) in [6.45, 7) is 0.883. The van der Waals surface area contributed by atoms with Gasteiger partial charge >= 0.3 is 11.6 Å². The fourth-order valence-corrected chi connectivity index (χ4v) is 2.70. The molecule has 7 nitrogen and oxygen atoms in total. The summed E-state index contributed by atoms with van der Waals surface area (Å²) >= 11 is 5.81. The lowest BCUT2D eigenvalue weighted by atomic mass is 10.1. The van der Waals surface area contributed by atoms with Gasteiger partial charge in [0, 0.05) is 36.7 Å². The van der Waals surface area contributed by atoms with Gasteiger partial charge in [-0.25, -0.2) is 9.59 Å². The number of halogens is 1. The Morgan fingerprint density at radius 3 is 2.59 bits per heavy atom. The fourth-order valence-electron chi connectivity index (χ4n) is 2.58. The van der Waals surface area contributed by atoms with Crippen LogP contribution in [-0.4, -0.2) is 32.1 Å². The van der Waals surface area contributed by atoms with Crippen LogP contribution < -0.4 is 15.7 Å². The Balaban J connectivity index is 1.76. The summed E-state index contributed by atoms with van der Waals surface area (Å²) in [7, 11) is 1.57. The van der Waals surface area contributed by atoms with E-state index < -0.39 is 17.5 Å². The van der Waals surface area contributed by atoms with Crippen LogP contribution in [0.1, 0.15) is 27.1 Å². The number of amides is 1. The van der Waals surface area contributed by atoms with Crippen LogP contribution in [0.2, 0.25) is 5.02 Å². The number of hydrogen-bond acceptors (Lipinski definition) is 6. The predicted octanol–water partition coefficient (Wildman–Crippen LogP) is 3.43. The van der Waals surface area contributed by atoms with Crippen molar-refractivity contribution in [2.75, 3.05) is 20.3 Å². The third kappa shape index (κ3) is 5.22. The van der Waals surface area contributed by atoms with Gasteiger partial charge in [-0.3, -0.25) is 4.79 Å². The van der Waals surface area contributed by atoms with E-state index in [1.807, 2.05) is 0 Å². The maximum absolute atomic E-state index is 12.2. The number of nitrogens with one attached hydrogen (secondary N) is 1. The Morgan fingerprint density at radius 1 is 1.10 bits per heavy atom. The van der Waals surface area contributed by atoms with Crippen molar-refractivity contribution in [2.45, 2.75) is 6.42 Å². The van der Waals surface area contributed by atoms with Crippen LogP contribution >= 0.6 is 11.6 Å². The zero-order valence-electron chi connectivity index (χ0n) is 15.6. The second kappa shape index (κ2) is 9.36. The van der Waals surface area contributed by atoms with Crippen molar-refractivity contribution in [1.29, 1.82) is 0 Å². The van der Waals surface area contributed by atoms with E-state index in [0.717, 1.165) is 0 Å². The van der Waals surface area contributed by atoms with Gasteiger partial charge in [0.1, 0.15) is 16.9 Å². The van der Waals surface area contributed by atoms with E-state index in [0.29, 0.717) is 35.5 Å². The van der Waals surface area contributed by atoms with E-state index in [4.69, 9.17) is 25.5 Å². The molecule has 0 bridgehead atoms. The Morgan fingerprint density at radius 2 is 1.86 bits per heavy atom. The lowest BCUT2D eigenvalue weighted by molar-refractivity contribution is 0.0734. The summed E-state index contributed by atoms with van der Waals surface area (Å²) in [6.07, 6.45) is 0.628. The van der Waals surface area contributed by atoms with Gasteiger partial charge in [-0.05, 0) is 48.9 Å². The molecule has 0 fully saturated rings. The molecule has 0 radical (unpaired) electrons. The first-order valence-electron chi connectivity index (χ1n) is 8.81. The highest BCUT2D eigenvalue weighted by molar-refractivity contribution is 6.30. The van der Waals surface area contributed by atoms with Gasteiger partial charge in [0.05, 0.1) is 5.56 Å². The summed E-state index contributed by atoms with van der Waals surface area (Å²) in [5.74, 6) is -0.886. The topological polar surface area (TPSA) is 94.8 Å². The van der Waals surface area contributed by atoms with Gasteiger partial charge in [-0.15, -0.1) is 0 Å². The van der Waals surface area contributed by atoms with Crippen molar-refractivity contribution in [1.82, 2.24) is 5.32 Å². The summed E-state index contributed by atoms with van der Waals surface area (Å²) in [5.41, 5.74) is -0.340. The molecule has 3 rings (SSSR count). The molecule has 8 heteroatoms. The normalized spacial score (nSPS) is 10.7. The van der Waals surface area contributed by atoms with Crippen molar-refractivity contribution < 1.29 is 23.5 Å². The molecule has 0 saturated heterocycles. The third-order valence-corrected chi connectivity index (χ3v) is 4.31. The molecule has 0 aliphatic carbocycles. The molecule has 0 spiro atoms. The number of esters is 1. The van der Waals surface area contributed by atoms with E-state index in [9.17, 15) is 14.4 Å². The van der Waals surface area contributed by atoms with Crippen molar-refractivity contribution in [2.24, 2.45) is 0 Å². The average molecular weight is 416 g/mol. The minimum atomic E-state index is -0.775. The van der Waals surface area contributed by atoms with Crippen molar-refractivity contribution >= 4 is 34.4 Å². The quantitative estimate of drug-likeness (QED) is 0.275. The van der Waals surface area contributed by atoms with Crippen LogP contribution in [0.25, 0.3) is 11.0 Å². The smallest absolute Gasteiger partial charge is 0.349 e. The molecule has 0 saturated carbocycles. The molecule has 29 heavy (non-hydrogen) atoms. The first kappa shape index (κ1) is 20.6. The highest BCUT2D eigenvalue weighted by Crippen LogP contribution is 2.22. The first-order chi connectivity index (χ1) is 14.0. The zero-order valence-corrected chi connectivity index (χ0v) is 16.3. The maximum Gasteiger partial charge on any atom is 0.349 e. The molecule has 3 aromatic rings. The van der Waals surface area contributed by atoms with Gasteiger partial charge < -0.3 is 19.2 Å². The monoisotopic (exact) mass is 415 g/mol. The fraction of sp³-hybridized carbons (Fsp3) is 0.190. The number of fused-ring (bicyclic) bond motifs is 1. The molecule has 0 atom stereocenters. The maximum atomic E-state index is 12.2. The van der Waals surface area contributed by atoms with Crippen LogP contribution in [-0.2, 0) is 4.74 Å². The number of hydrogen-bond donors (Lipinski definition) is 1. The van der Waals surface area contributed by atoms with Crippen LogP contribution in [0.4, 0.5) is 0 Å². The van der Waals surface area contributed by atoms with E-state index in [2.05, 4.69) is 5.32 Å². The Hall–Kier alpha value is -3.16. The van der Waals surface area contributed by atoms with Crippen molar-refractivity contribution in [3.05, 3.63) is 75.1 Å². The Kier molecular flexibility index (Phi) is 6.64. The zero-order chi connectivity index (χ0) is 20.8. The van der Waals surface area contributed by atoms with Gasteiger partial charge in [0.15, 0.2) is 0 Å². The van der Waals surface area contributed by atoms with Gasteiger partial charge in [0.25, 0.3) is 5.91 Å². The first-order valence-corrected chi connectivity index (χ1v) is 9.18. The third-order valence-electron chi connectivity index (χ3n) is 4.05. The number of carbonyl (C=O) groups excluding carboxylic acids is 2. The number of ether oxygens (including phenoxy) is 2. The predicted molar refractivity (Wildman–Crippen MR) is 108 cm³/mol. The molecule has 1 N–H and O–H groups in total. The number of rotatable bonds is 7. The van der Waals surface area contributed by atoms with E-state index >= 15 is 0 Å². The van der Waals surface area contributed by atoms with Crippen LogP contribution in [0.15, 0.2) is 57.7 Å². The summed E-state index contributed by atoms with van der Waals surface area (Å²) in [5, 5.41) is 3.67. The number of benzene rings is 2. The molecule has 1 aromatic heterocycles. The van der Waals surface area contributed by atoms with Crippen molar-refractivity contribution in [3.63, 3.8) is 0 Å². The highest BCUT2D eigenvalue weighted by atomic mass is 35.5. The standard InChI is InChI=1S/C21H18ClNO6/c1-27-10-2-9-23-19(24)17-11-14-5-8-16(12-18(14)29-21(17)26)28-20(25)13-3-6-15(22)7-4-13/h3-8,11-12H,2,9-10H2,1H3,(H,23,24). The SMILES string of the molecule is COCCCNC(=O)c1cc2ccc(OC(=O)c3ccc(Cl)cc3)cc2oc1=O. The molecule has 1 amide bonds. The number of methoxy groups -OCH3 is 1. The molecular weight excluding hydrogens is 398 g/mol. The van der Waals surface area contributed by atoms with E-state index in [1.165, 1.54) is 12.1 Å². The van der Waals surface area contributed by atoms with Gasteiger partial charge in [-0.1, -0.05) is 11.6 Å². The molecule has 0 aliphatic rings. The number of carbonyl (C=O) groups is 2. The Bertz CT molecular complexity index is 1090. The van der Waals surface area contributed by atoms with Gasteiger partial charge in [-0.2, -0.15) is 0 Å².